The lowest BCUT2D eigenvalue weighted by atomic mass is 9.94. The number of rotatable bonds is 24. The summed E-state index contributed by atoms with van der Waals surface area (Å²) in [7, 11) is 0. The van der Waals surface area contributed by atoms with Gasteiger partial charge in [-0.05, 0) is 73.1 Å². The Morgan fingerprint density at radius 2 is 0.708 bits per heavy atom. The van der Waals surface area contributed by atoms with Crippen LogP contribution in [-0.2, 0) is 19.2 Å². The minimum Gasteiger partial charge on any atom is -0.396 e. The van der Waals surface area contributed by atoms with E-state index in [-0.39, 0.29) is 104 Å². The Bertz CT molecular complexity index is 2420. The molecule has 13 heteroatoms. The first-order chi connectivity index (χ1) is 35.2. The van der Waals surface area contributed by atoms with Gasteiger partial charge in [0.15, 0.2) is 0 Å². The summed E-state index contributed by atoms with van der Waals surface area (Å²) in [6.07, 6.45) is 13.3. The van der Waals surface area contributed by atoms with E-state index in [0.29, 0.717) is 17.7 Å². The van der Waals surface area contributed by atoms with Crippen molar-refractivity contribution in [1.29, 1.82) is 0 Å². The van der Waals surface area contributed by atoms with Crippen molar-refractivity contribution in [2.75, 3.05) is 39.3 Å². The van der Waals surface area contributed by atoms with Crippen LogP contribution in [0.4, 0.5) is 0 Å². The molecule has 6 amide bonds. The summed E-state index contributed by atoms with van der Waals surface area (Å²) < 4.78 is 0. The van der Waals surface area contributed by atoms with E-state index >= 15 is 0 Å². The van der Waals surface area contributed by atoms with Crippen molar-refractivity contribution in [3.8, 4) is 0 Å². The van der Waals surface area contributed by atoms with Gasteiger partial charge in [0.2, 0.25) is 23.6 Å². The number of nitrogens with one attached hydrogen (secondary N) is 4. The lowest BCUT2D eigenvalue weighted by Gasteiger charge is -2.18. The van der Waals surface area contributed by atoms with Crippen LogP contribution in [0.5, 0.6) is 0 Å². The Morgan fingerprint density at radius 1 is 0.403 bits per heavy atom. The Balaban J connectivity index is 0.811. The third kappa shape index (κ3) is 12.8. The first kappa shape index (κ1) is 50.6. The second kappa shape index (κ2) is 23.9. The van der Waals surface area contributed by atoms with Gasteiger partial charge in [-0.25, -0.2) is 0 Å². The quantitative estimate of drug-likeness (QED) is 0.0466. The molecule has 0 bridgehead atoms. The van der Waals surface area contributed by atoms with Crippen LogP contribution in [0.3, 0.4) is 0 Å². The molecule has 2 aliphatic heterocycles. The summed E-state index contributed by atoms with van der Waals surface area (Å²) >= 11 is 0. The van der Waals surface area contributed by atoms with Crippen molar-refractivity contribution in [1.82, 2.24) is 31.1 Å². The van der Waals surface area contributed by atoms with Gasteiger partial charge in [0.05, 0.1) is 23.7 Å². The fourth-order valence-electron chi connectivity index (χ4n) is 11.3. The number of carbonyl (C=O) groups excluding carboxylic acids is 6. The minimum atomic E-state index is -0.732. The average molecular weight is 977 g/mol. The van der Waals surface area contributed by atoms with Crippen molar-refractivity contribution < 1.29 is 33.9 Å². The molecule has 0 aromatic heterocycles. The molecule has 2 heterocycles. The second-order valence-corrected chi connectivity index (χ2v) is 21.1. The zero-order chi connectivity index (χ0) is 50.0. The van der Waals surface area contributed by atoms with E-state index in [1.807, 2.05) is 54.6 Å². The first-order valence-electron chi connectivity index (χ1n) is 26.8. The van der Waals surface area contributed by atoms with Gasteiger partial charge in [0.1, 0.15) is 0 Å². The zero-order valence-corrected chi connectivity index (χ0v) is 41.5. The highest BCUT2D eigenvalue weighted by molar-refractivity contribution is 6.00. The number of unbranched alkanes of at least 4 members (excludes halogenated alkanes) is 9. The maximum Gasteiger partial charge on any atom is 0.253 e. The molecule has 9 rings (SSSR count). The van der Waals surface area contributed by atoms with E-state index in [0.717, 1.165) is 80.9 Å². The SMILES string of the molecule is O=C(NCCCCCCCCCCCCO)[C@@H]1CN(C(=O)c2ccc(C(=O)N3C[C@@H](C(=O)N[C@H]4C[C@@H]4c4ccccc4)[C@H](C(=O)N[C@H]4C[C@@H]4c4ccccc4)C3)cc2)C[C@H]1C(=O)N[C@H]1C[C@@H]1c1ccccc1. The average Bonchev–Trinajstić information content (AvgIpc) is 4.38. The summed E-state index contributed by atoms with van der Waals surface area (Å²) in [5.74, 6) is -3.84. The van der Waals surface area contributed by atoms with Gasteiger partial charge in [-0.15, -0.1) is 0 Å². The molecule has 4 aromatic rings. The largest absolute Gasteiger partial charge is 0.396 e. The van der Waals surface area contributed by atoms with Gasteiger partial charge >= 0.3 is 0 Å². The van der Waals surface area contributed by atoms with Gasteiger partial charge in [-0.2, -0.15) is 0 Å². The van der Waals surface area contributed by atoms with Crippen LogP contribution in [0.1, 0.15) is 139 Å². The number of hydrogen-bond donors (Lipinski definition) is 5. The van der Waals surface area contributed by atoms with E-state index in [1.165, 1.54) is 19.3 Å². The lowest BCUT2D eigenvalue weighted by molar-refractivity contribution is -0.133. The van der Waals surface area contributed by atoms with E-state index in [9.17, 15) is 28.8 Å². The summed E-state index contributed by atoms with van der Waals surface area (Å²) in [4.78, 5) is 87.4. The summed E-state index contributed by atoms with van der Waals surface area (Å²) in [5.41, 5.74) is 4.14. The number of likely N-dealkylation sites (tertiary alicyclic amines) is 2. The lowest BCUT2D eigenvalue weighted by Crippen LogP contribution is -2.43. The van der Waals surface area contributed by atoms with Crippen molar-refractivity contribution in [3.63, 3.8) is 0 Å². The molecule has 0 unspecified atom stereocenters. The highest BCUT2D eigenvalue weighted by atomic mass is 16.3. The minimum absolute atomic E-state index is 0.0284. The van der Waals surface area contributed by atoms with Gasteiger partial charge in [-0.1, -0.05) is 142 Å². The maximum atomic E-state index is 14.2. The number of aliphatic hydroxyl groups excluding tert-OH is 1. The molecule has 5 aliphatic rings. The molecule has 5 N–H and O–H groups in total. The molecule has 10 atom stereocenters. The van der Waals surface area contributed by atoms with Crippen LogP contribution in [0.15, 0.2) is 115 Å². The van der Waals surface area contributed by atoms with Crippen LogP contribution >= 0.6 is 0 Å². The van der Waals surface area contributed by atoms with Crippen molar-refractivity contribution in [2.45, 2.75) is 119 Å². The van der Waals surface area contributed by atoms with E-state index in [4.69, 9.17) is 5.11 Å². The van der Waals surface area contributed by atoms with Crippen molar-refractivity contribution >= 4 is 35.4 Å². The topological polar surface area (TPSA) is 177 Å². The summed E-state index contributed by atoms with van der Waals surface area (Å²) in [6, 6.07) is 36.5. The van der Waals surface area contributed by atoms with Gasteiger partial charge in [-0.3, -0.25) is 28.8 Å². The monoisotopic (exact) mass is 977 g/mol. The zero-order valence-electron chi connectivity index (χ0n) is 41.5. The fourth-order valence-corrected chi connectivity index (χ4v) is 11.3. The molecule has 3 saturated carbocycles. The first-order valence-corrected chi connectivity index (χ1v) is 26.8. The Morgan fingerprint density at radius 3 is 1.04 bits per heavy atom. The van der Waals surface area contributed by atoms with Crippen LogP contribution < -0.4 is 21.3 Å². The molecule has 13 nitrogen and oxygen atoms in total. The molecule has 2 saturated heterocycles. The van der Waals surface area contributed by atoms with Crippen LogP contribution in [0, 0.1) is 23.7 Å². The van der Waals surface area contributed by atoms with Gasteiger partial charge < -0.3 is 36.2 Å². The molecule has 380 valence electrons. The number of hydrogen-bond acceptors (Lipinski definition) is 7. The standard InChI is InChI=1S/C59H72N6O7/c66-31-19-8-6-4-2-1-3-5-7-18-30-60-54(67)47-35-64(36-48(47)55(68)61-51-32-44(51)39-20-12-9-13-21-39)58(71)42-26-28-43(29-27-42)59(72)65-37-49(56(69)62-52-33-45(52)40-22-14-10-15-23-40)50(38-65)57(70)63-53-34-46(53)41-24-16-11-17-25-41/h9-17,20-29,44-53,66H,1-8,18-19,30-38H2,(H,60,67)(H,61,68)(H,62,69)(H,63,70)/t44-,45-,46-,47-,48-,49-,50-,51+,52+,53+/m1/s1. The summed E-state index contributed by atoms with van der Waals surface area (Å²) in [5, 5.41) is 21.6. The molecule has 72 heavy (non-hydrogen) atoms. The normalized spacial score (nSPS) is 25.8. The van der Waals surface area contributed by atoms with Crippen LogP contribution in [0.2, 0.25) is 0 Å². The molecule has 0 spiro atoms. The third-order valence-electron chi connectivity index (χ3n) is 15.9. The second-order valence-electron chi connectivity index (χ2n) is 21.1. The molecule has 4 aromatic carbocycles. The van der Waals surface area contributed by atoms with E-state index in [2.05, 4.69) is 57.7 Å². The maximum absolute atomic E-state index is 14.2. The Labute approximate surface area is 424 Å². The predicted molar refractivity (Wildman–Crippen MR) is 276 cm³/mol. The predicted octanol–water partition coefficient (Wildman–Crippen LogP) is 7.09. The van der Waals surface area contributed by atoms with Crippen LogP contribution in [-0.4, -0.2) is 108 Å². The van der Waals surface area contributed by atoms with Crippen LogP contribution in [0.25, 0.3) is 0 Å². The number of nitrogens with zero attached hydrogens (tertiary/aromatic N) is 2. The Kier molecular flexibility index (Phi) is 16.8. The molecule has 3 aliphatic carbocycles. The fraction of sp³-hybridized carbons (Fsp3) is 0.492. The number of carbonyl (C=O) groups is 6. The van der Waals surface area contributed by atoms with Crippen molar-refractivity contribution in [2.24, 2.45) is 23.7 Å². The van der Waals surface area contributed by atoms with Crippen molar-refractivity contribution in [3.05, 3.63) is 143 Å². The van der Waals surface area contributed by atoms with Gasteiger partial charge in [0, 0.05) is 86.3 Å². The highest BCUT2D eigenvalue weighted by Crippen LogP contribution is 2.43. The highest BCUT2D eigenvalue weighted by Gasteiger charge is 2.50. The number of amides is 6. The van der Waals surface area contributed by atoms with E-state index in [1.54, 1.807) is 34.1 Å². The molecular formula is C59H72N6O7. The number of benzene rings is 4. The molecule has 0 radical (unpaired) electrons. The smallest absolute Gasteiger partial charge is 0.253 e. The molecular weight excluding hydrogens is 905 g/mol. The number of aliphatic hydroxyl groups is 1. The van der Waals surface area contributed by atoms with Gasteiger partial charge in [0.25, 0.3) is 11.8 Å². The Hall–Kier alpha value is -6.34. The van der Waals surface area contributed by atoms with E-state index < -0.39 is 23.7 Å². The molecule has 5 fully saturated rings. The third-order valence-corrected chi connectivity index (χ3v) is 15.9. The summed E-state index contributed by atoms with van der Waals surface area (Å²) in [6.45, 7) is 1.12.